The highest BCUT2D eigenvalue weighted by Crippen LogP contribution is 2.34. The van der Waals surface area contributed by atoms with Crippen LogP contribution in [0.4, 0.5) is 4.79 Å². The second kappa shape index (κ2) is 5.92. The number of amides is 3. The number of nitrogens with zero attached hydrogens (tertiary/aromatic N) is 3. The summed E-state index contributed by atoms with van der Waals surface area (Å²) in [6, 6.07) is 3.98. The van der Waals surface area contributed by atoms with Crippen LogP contribution in [0.2, 0.25) is 0 Å². The zero-order valence-corrected chi connectivity index (χ0v) is 14.0. The van der Waals surface area contributed by atoms with Gasteiger partial charge in [0.1, 0.15) is 5.54 Å². The lowest BCUT2D eigenvalue weighted by Crippen LogP contribution is -2.56. The summed E-state index contributed by atoms with van der Waals surface area (Å²) in [5, 5.41) is 2.90. The Kier molecular flexibility index (Phi) is 4.10. The molecule has 1 aromatic rings. The molecule has 3 rings (SSSR count). The summed E-state index contributed by atoms with van der Waals surface area (Å²) in [6.07, 6.45) is 5.65. The maximum absolute atomic E-state index is 12.5. The number of rotatable bonds is 3. The van der Waals surface area contributed by atoms with Crippen LogP contribution in [0.5, 0.6) is 0 Å². The van der Waals surface area contributed by atoms with Crippen LogP contribution in [0.1, 0.15) is 38.3 Å². The van der Waals surface area contributed by atoms with Crippen LogP contribution in [0.25, 0.3) is 0 Å². The van der Waals surface area contributed by atoms with Crippen molar-refractivity contribution in [2.24, 2.45) is 5.92 Å². The molecule has 2 aliphatic rings. The lowest BCUT2D eigenvalue weighted by molar-refractivity contribution is -0.132. The molecule has 0 radical (unpaired) electrons. The number of carbonyl (C=O) groups is 2. The quantitative estimate of drug-likeness (QED) is 0.864. The summed E-state index contributed by atoms with van der Waals surface area (Å²) in [5.41, 5.74) is 0.385. The number of nitrogens with one attached hydrogen (secondary N) is 1. The van der Waals surface area contributed by atoms with Gasteiger partial charge in [-0.15, -0.1) is 0 Å². The van der Waals surface area contributed by atoms with E-state index in [1.807, 2.05) is 19.2 Å². The van der Waals surface area contributed by atoms with Crippen LogP contribution >= 0.6 is 0 Å². The lowest BCUT2D eigenvalue weighted by Gasteiger charge is -2.42. The molecule has 1 aromatic heterocycles. The number of likely N-dealkylation sites (N-methyl/N-ethyl adjacent to an activating group) is 1. The van der Waals surface area contributed by atoms with Gasteiger partial charge in [0.25, 0.3) is 5.91 Å². The minimum atomic E-state index is -0.792. The fourth-order valence-corrected chi connectivity index (χ4v) is 3.74. The minimum Gasteiger partial charge on any atom is -0.323 e. The first kappa shape index (κ1) is 15.9. The van der Waals surface area contributed by atoms with E-state index in [-0.39, 0.29) is 23.9 Å². The molecule has 3 heterocycles. The first-order chi connectivity index (χ1) is 10.9. The minimum absolute atomic E-state index is 0.122. The maximum Gasteiger partial charge on any atom is 0.324 e. The molecular weight excluding hydrogens is 292 g/mol. The third-order valence-electron chi connectivity index (χ3n) is 5.40. The van der Waals surface area contributed by atoms with Gasteiger partial charge in [-0.1, -0.05) is 6.07 Å². The summed E-state index contributed by atoms with van der Waals surface area (Å²) in [5.74, 6) is 0.000141. The highest BCUT2D eigenvalue weighted by atomic mass is 16.2. The average Bonchev–Trinajstić information content (AvgIpc) is 2.79. The second-order valence-electron chi connectivity index (χ2n) is 6.79. The molecule has 0 aromatic carbocycles. The molecule has 2 aliphatic heterocycles. The molecule has 3 atom stereocenters. The fourth-order valence-electron chi connectivity index (χ4n) is 3.74. The van der Waals surface area contributed by atoms with Crippen LogP contribution in [-0.2, 0) is 4.79 Å². The molecule has 2 saturated heterocycles. The highest BCUT2D eigenvalue weighted by Gasteiger charge is 2.52. The third-order valence-corrected chi connectivity index (χ3v) is 5.40. The number of imide groups is 1. The smallest absolute Gasteiger partial charge is 0.323 e. The van der Waals surface area contributed by atoms with Crippen LogP contribution in [0.3, 0.4) is 0 Å². The van der Waals surface area contributed by atoms with Crippen molar-refractivity contribution in [2.45, 2.75) is 38.3 Å². The molecule has 23 heavy (non-hydrogen) atoms. The van der Waals surface area contributed by atoms with Crippen LogP contribution in [0, 0.1) is 5.92 Å². The van der Waals surface area contributed by atoms with Crippen molar-refractivity contribution in [1.29, 1.82) is 0 Å². The second-order valence-corrected chi connectivity index (χ2v) is 6.79. The summed E-state index contributed by atoms with van der Waals surface area (Å²) < 4.78 is 0. The van der Waals surface area contributed by atoms with Crippen molar-refractivity contribution in [2.75, 3.05) is 20.1 Å². The van der Waals surface area contributed by atoms with E-state index in [0.29, 0.717) is 0 Å². The van der Waals surface area contributed by atoms with Gasteiger partial charge in [0.2, 0.25) is 0 Å². The molecule has 6 nitrogen and oxygen atoms in total. The highest BCUT2D eigenvalue weighted by molar-refractivity contribution is 6.06. The SMILES string of the molecule is C[C@H](c1cccnc1)N1CCC[C@H]([C@@]2(C)NC(=O)N(C)C2=O)C1. The largest absolute Gasteiger partial charge is 0.324 e. The van der Waals surface area contributed by atoms with Gasteiger partial charge in [-0.3, -0.25) is 19.6 Å². The molecule has 1 N–H and O–H groups in total. The Morgan fingerprint density at radius 2 is 2.22 bits per heavy atom. The first-order valence-electron chi connectivity index (χ1n) is 8.17. The maximum atomic E-state index is 12.5. The van der Waals surface area contributed by atoms with E-state index in [4.69, 9.17) is 0 Å². The zero-order valence-electron chi connectivity index (χ0n) is 14.0. The number of carbonyl (C=O) groups excluding carboxylic acids is 2. The fraction of sp³-hybridized carbons (Fsp3) is 0.588. The standard InChI is InChI=1S/C17H24N4O2/c1-12(13-6-4-8-18-10-13)21-9-5-7-14(11-21)17(2)15(22)20(3)16(23)19-17/h4,6,8,10,12,14H,5,7,9,11H2,1-3H3,(H,19,23)/t12-,14+,17-/m1/s1. The van der Waals surface area contributed by atoms with E-state index in [2.05, 4.69) is 28.2 Å². The topological polar surface area (TPSA) is 65.5 Å². The molecule has 0 saturated carbocycles. The summed E-state index contributed by atoms with van der Waals surface area (Å²) in [4.78, 5) is 32.1. The predicted octanol–water partition coefficient (Wildman–Crippen LogP) is 1.79. The summed E-state index contributed by atoms with van der Waals surface area (Å²) in [7, 11) is 1.54. The lowest BCUT2D eigenvalue weighted by atomic mass is 9.79. The average molecular weight is 316 g/mol. The number of aromatic nitrogens is 1. The van der Waals surface area contributed by atoms with Crippen molar-refractivity contribution in [3.8, 4) is 0 Å². The van der Waals surface area contributed by atoms with E-state index in [1.165, 1.54) is 10.5 Å². The number of hydrogen-bond acceptors (Lipinski definition) is 4. The number of piperidine rings is 1. The Morgan fingerprint density at radius 3 is 2.83 bits per heavy atom. The van der Waals surface area contributed by atoms with Gasteiger partial charge in [-0.25, -0.2) is 4.79 Å². The Bertz CT molecular complexity index is 606. The summed E-state index contributed by atoms with van der Waals surface area (Å²) >= 11 is 0. The monoisotopic (exact) mass is 316 g/mol. The third kappa shape index (κ3) is 2.72. The van der Waals surface area contributed by atoms with Gasteiger partial charge in [-0.2, -0.15) is 0 Å². The van der Waals surface area contributed by atoms with Gasteiger partial charge in [0.05, 0.1) is 0 Å². The zero-order chi connectivity index (χ0) is 16.6. The Balaban J connectivity index is 1.76. The number of urea groups is 1. The molecule has 0 aliphatic carbocycles. The molecule has 0 spiro atoms. The van der Waals surface area contributed by atoms with Crippen LogP contribution in [-0.4, -0.2) is 52.4 Å². The van der Waals surface area contributed by atoms with Gasteiger partial charge < -0.3 is 5.32 Å². The molecule has 0 unspecified atom stereocenters. The number of likely N-dealkylation sites (tertiary alicyclic amines) is 1. The van der Waals surface area contributed by atoms with E-state index in [9.17, 15) is 9.59 Å². The Labute approximate surface area is 136 Å². The van der Waals surface area contributed by atoms with Gasteiger partial charge >= 0.3 is 6.03 Å². The van der Waals surface area contributed by atoms with Crippen molar-refractivity contribution < 1.29 is 9.59 Å². The number of pyridine rings is 1. The van der Waals surface area contributed by atoms with E-state index < -0.39 is 5.54 Å². The molecule has 124 valence electrons. The van der Waals surface area contributed by atoms with E-state index in [1.54, 1.807) is 13.2 Å². The molecule has 6 heteroatoms. The van der Waals surface area contributed by atoms with Gasteiger partial charge in [0.15, 0.2) is 0 Å². The summed E-state index contributed by atoms with van der Waals surface area (Å²) in [6.45, 7) is 5.83. The Morgan fingerprint density at radius 1 is 1.43 bits per heavy atom. The predicted molar refractivity (Wildman–Crippen MR) is 86.7 cm³/mol. The van der Waals surface area contributed by atoms with Crippen molar-refractivity contribution >= 4 is 11.9 Å². The van der Waals surface area contributed by atoms with E-state index in [0.717, 1.165) is 25.9 Å². The normalized spacial score (nSPS) is 30.4. The van der Waals surface area contributed by atoms with Crippen molar-refractivity contribution in [3.63, 3.8) is 0 Å². The molecular formula is C17H24N4O2. The van der Waals surface area contributed by atoms with Crippen LogP contribution in [0.15, 0.2) is 24.5 Å². The molecule has 3 amide bonds. The van der Waals surface area contributed by atoms with Gasteiger partial charge in [-0.05, 0) is 44.9 Å². The van der Waals surface area contributed by atoms with Gasteiger partial charge in [0, 0.05) is 37.9 Å². The van der Waals surface area contributed by atoms with E-state index >= 15 is 0 Å². The number of hydrogen-bond donors (Lipinski definition) is 1. The van der Waals surface area contributed by atoms with Crippen LogP contribution < -0.4 is 5.32 Å². The Hall–Kier alpha value is -1.95. The van der Waals surface area contributed by atoms with Crippen molar-refractivity contribution in [3.05, 3.63) is 30.1 Å². The molecule has 0 bridgehead atoms. The first-order valence-corrected chi connectivity index (χ1v) is 8.17. The van der Waals surface area contributed by atoms with Crippen molar-refractivity contribution in [1.82, 2.24) is 20.1 Å². The molecule has 2 fully saturated rings.